The van der Waals surface area contributed by atoms with Gasteiger partial charge in [0.1, 0.15) is 4.11 Å². The molecule has 1 aliphatic heterocycles. The van der Waals surface area contributed by atoms with Crippen molar-refractivity contribution in [1.29, 1.82) is 0 Å². The minimum Gasteiger partial charge on any atom is -0.381 e. The van der Waals surface area contributed by atoms with Crippen LogP contribution in [-0.2, 0) is 4.74 Å². The third-order valence-corrected chi connectivity index (χ3v) is 1.91. The molecule has 1 aliphatic rings. The van der Waals surface area contributed by atoms with Crippen molar-refractivity contribution in [3.05, 3.63) is 0 Å². The van der Waals surface area contributed by atoms with E-state index in [4.69, 9.17) is 9.84 Å². The van der Waals surface area contributed by atoms with E-state index in [-0.39, 0.29) is 4.11 Å². The number of morpholine rings is 1. The summed E-state index contributed by atoms with van der Waals surface area (Å²) in [5.74, 6) is 0. The van der Waals surface area contributed by atoms with Gasteiger partial charge in [-0.3, -0.25) is 4.90 Å². The third kappa shape index (κ3) is 3.14. The summed E-state index contributed by atoms with van der Waals surface area (Å²) in [5, 5.41) is 9.01. The van der Waals surface area contributed by atoms with E-state index in [1.165, 1.54) is 0 Å². The zero-order chi connectivity index (χ0) is 7.40. The van der Waals surface area contributed by atoms with Crippen LogP contribution in [0.25, 0.3) is 0 Å². The van der Waals surface area contributed by atoms with Gasteiger partial charge in [-0.25, -0.2) is 0 Å². The molecule has 0 bridgehead atoms. The summed E-state index contributed by atoms with van der Waals surface area (Å²) in [4.78, 5) is 2.21. The number of halogens is 1. The van der Waals surface area contributed by atoms with E-state index in [0.29, 0.717) is 0 Å². The van der Waals surface area contributed by atoms with Gasteiger partial charge in [-0.05, 0) is 0 Å². The molecule has 1 unspecified atom stereocenters. The molecule has 1 rings (SSSR count). The SMILES string of the molecule is OC(I)CN1CCOCC1. The van der Waals surface area contributed by atoms with E-state index in [0.717, 1.165) is 32.8 Å². The number of β-amino-alcohol motifs (C(OH)–C–C–N with tert-alkyl or cyclic N) is 1. The van der Waals surface area contributed by atoms with Crippen LogP contribution in [0.5, 0.6) is 0 Å². The molecule has 0 aromatic heterocycles. The average molecular weight is 257 g/mol. The van der Waals surface area contributed by atoms with E-state index in [1.54, 1.807) is 0 Å². The fourth-order valence-electron chi connectivity index (χ4n) is 0.997. The average Bonchev–Trinajstić information content (AvgIpc) is 1.88. The van der Waals surface area contributed by atoms with Crippen molar-refractivity contribution in [3.8, 4) is 0 Å². The van der Waals surface area contributed by atoms with Crippen LogP contribution in [0.4, 0.5) is 0 Å². The molecular formula is C6H12INO2. The lowest BCUT2D eigenvalue weighted by atomic mass is 10.4. The summed E-state index contributed by atoms with van der Waals surface area (Å²) >= 11 is 2.02. The lowest BCUT2D eigenvalue weighted by molar-refractivity contribution is 0.0287. The van der Waals surface area contributed by atoms with Crippen molar-refractivity contribution in [1.82, 2.24) is 4.90 Å². The Morgan fingerprint density at radius 2 is 2.10 bits per heavy atom. The first-order valence-electron chi connectivity index (χ1n) is 3.41. The third-order valence-electron chi connectivity index (χ3n) is 1.51. The summed E-state index contributed by atoms with van der Waals surface area (Å²) in [5.41, 5.74) is 0. The normalized spacial score (nSPS) is 24.6. The molecule has 0 saturated carbocycles. The van der Waals surface area contributed by atoms with Gasteiger partial charge in [-0.2, -0.15) is 0 Å². The molecule has 0 amide bonds. The van der Waals surface area contributed by atoms with Gasteiger partial charge in [-0.1, -0.05) is 22.6 Å². The maximum atomic E-state index is 9.01. The smallest absolute Gasteiger partial charge is 0.117 e. The van der Waals surface area contributed by atoms with Crippen LogP contribution in [-0.4, -0.2) is 47.0 Å². The van der Waals surface area contributed by atoms with Crippen molar-refractivity contribution < 1.29 is 9.84 Å². The van der Waals surface area contributed by atoms with Gasteiger partial charge in [0, 0.05) is 19.6 Å². The van der Waals surface area contributed by atoms with Gasteiger partial charge in [0.25, 0.3) is 0 Å². The van der Waals surface area contributed by atoms with Crippen molar-refractivity contribution in [3.63, 3.8) is 0 Å². The minimum atomic E-state index is -0.240. The van der Waals surface area contributed by atoms with E-state index in [2.05, 4.69) is 4.90 Å². The summed E-state index contributed by atoms with van der Waals surface area (Å²) in [7, 11) is 0. The van der Waals surface area contributed by atoms with Crippen molar-refractivity contribution in [2.24, 2.45) is 0 Å². The maximum Gasteiger partial charge on any atom is 0.117 e. The van der Waals surface area contributed by atoms with Crippen LogP contribution < -0.4 is 0 Å². The van der Waals surface area contributed by atoms with Crippen LogP contribution in [0.3, 0.4) is 0 Å². The molecule has 1 heterocycles. The topological polar surface area (TPSA) is 32.7 Å². The second kappa shape index (κ2) is 4.48. The number of rotatable bonds is 2. The highest BCUT2D eigenvalue weighted by Crippen LogP contribution is 2.02. The lowest BCUT2D eigenvalue weighted by Crippen LogP contribution is -2.39. The van der Waals surface area contributed by atoms with Crippen molar-refractivity contribution >= 4 is 22.6 Å². The predicted octanol–water partition coefficient (Wildman–Crippen LogP) is 0.0720. The number of aliphatic hydroxyl groups is 1. The Hall–Kier alpha value is 0.610. The van der Waals surface area contributed by atoms with Gasteiger partial charge < -0.3 is 9.84 Å². The van der Waals surface area contributed by atoms with Crippen LogP contribution in [0.2, 0.25) is 0 Å². The lowest BCUT2D eigenvalue weighted by Gasteiger charge is -2.26. The second-order valence-corrected chi connectivity index (χ2v) is 3.79. The standard InChI is InChI=1S/C6H12INO2/c7-6(9)5-8-1-3-10-4-2-8/h6,9H,1-5H2. The fraction of sp³-hybridized carbons (Fsp3) is 1.00. The molecule has 1 fully saturated rings. The number of aliphatic hydroxyl groups excluding tert-OH is 1. The molecular weight excluding hydrogens is 245 g/mol. The second-order valence-electron chi connectivity index (χ2n) is 2.35. The van der Waals surface area contributed by atoms with E-state index in [1.807, 2.05) is 22.6 Å². The first kappa shape index (κ1) is 8.70. The van der Waals surface area contributed by atoms with Crippen molar-refractivity contribution in [2.75, 3.05) is 32.8 Å². The van der Waals surface area contributed by atoms with Gasteiger partial charge in [0.05, 0.1) is 13.2 Å². The largest absolute Gasteiger partial charge is 0.381 e. The Balaban J connectivity index is 2.13. The monoisotopic (exact) mass is 257 g/mol. The predicted molar refractivity (Wildman–Crippen MR) is 47.3 cm³/mol. The number of hydrogen-bond donors (Lipinski definition) is 1. The van der Waals surface area contributed by atoms with Crippen LogP contribution in [0, 0.1) is 0 Å². The first-order valence-corrected chi connectivity index (χ1v) is 4.66. The Morgan fingerprint density at radius 1 is 1.50 bits per heavy atom. The molecule has 0 aliphatic carbocycles. The number of nitrogens with zero attached hydrogens (tertiary/aromatic N) is 1. The Bertz CT molecular complexity index is 93.7. The minimum absolute atomic E-state index is 0.240. The molecule has 0 aromatic carbocycles. The highest BCUT2D eigenvalue weighted by atomic mass is 127. The van der Waals surface area contributed by atoms with Gasteiger partial charge in [0.15, 0.2) is 0 Å². The number of hydrogen-bond acceptors (Lipinski definition) is 3. The summed E-state index contributed by atoms with van der Waals surface area (Å²) in [6.07, 6.45) is 0. The molecule has 3 nitrogen and oxygen atoms in total. The first-order chi connectivity index (χ1) is 4.79. The molecule has 60 valence electrons. The summed E-state index contributed by atoms with van der Waals surface area (Å²) < 4.78 is 4.92. The molecule has 0 radical (unpaired) electrons. The highest BCUT2D eigenvalue weighted by Gasteiger charge is 2.11. The molecule has 0 aromatic rings. The fourth-order valence-corrected chi connectivity index (χ4v) is 1.55. The van der Waals surface area contributed by atoms with Crippen molar-refractivity contribution in [2.45, 2.75) is 4.11 Å². The van der Waals surface area contributed by atoms with E-state index >= 15 is 0 Å². The van der Waals surface area contributed by atoms with Gasteiger partial charge in [-0.15, -0.1) is 0 Å². The van der Waals surface area contributed by atoms with Crippen LogP contribution in [0.1, 0.15) is 0 Å². The quantitative estimate of drug-likeness (QED) is 0.561. The van der Waals surface area contributed by atoms with E-state index < -0.39 is 0 Å². The molecule has 1 N–H and O–H groups in total. The Labute approximate surface area is 74.5 Å². The summed E-state index contributed by atoms with van der Waals surface area (Å²) in [6, 6.07) is 0. The van der Waals surface area contributed by atoms with Crippen LogP contribution in [0.15, 0.2) is 0 Å². The zero-order valence-electron chi connectivity index (χ0n) is 5.79. The molecule has 1 saturated heterocycles. The van der Waals surface area contributed by atoms with Gasteiger partial charge >= 0.3 is 0 Å². The molecule has 4 heteroatoms. The molecule has 10 heavy (non-hydrogen) atoms. The molecule has 1 atom stereocenters. The molecule has 0 spiro atoms. The Morgan fingerprint density at radius 3 is 2.60 bits per heavy atom. The van der Waals surface area contributed by atoms with Crippen LogP contribution >= 0.6 is 22.6 Å². The summed E-state index contributed by atoms with van der Waals surface area (Å²) in [6.45, 7) is 4.30. The number of alkyl halides is 1. The highest BCUT2D eigenvalue weighted by molar-refractivity contribution is 14.1. The maximum absolute atomic E-state index is 9.01. The van der Waals surface area contributed by atoms with Gasteiger partial charge in [0.2, 0.25) is 0 Å². The Kier molecular flexibility index (Phi) is 3.90. The van der Waals surface area contributed by atoms with E-state index in [9.17, 15) is 0 Å². The number of ether oxygens (including phenoxy) is 1. The zero-order valence-corrected chi connectivity index (χ0v) is 7.95.